The van der Waals surface area contributed by atoms with Crippen LogP contribution in [0.5, 0.6) is 0 Å². The molecule has 0 spiro atoms. The lowest BCUT2D eigenvalue weighted by Gasteiger charge is -2.59. The minimum Gasteiger partial charge on any atom is -0.462 e. The summed E-state index contributed by atoms with van der Waals surface area (Å²) in [5.41, 5.74) is 1.16. The molecule has 1 aromatic carbocycles. The minimum absolute atomic E-state index is 0.00556. The Kier molecular flexibility index (Phi) is 5.09. The molecule has 6 atom stereocenters. The van der Waals surface area contributed by atoms with Crippen molar-refractivity contribution in [3.8, 4) is 0 Å². The van der Waals surface area contributed by atoms with Gasteiger partial charge in [-0.25, -0.2) is 4.79 Å². The summed E-state index contributed by atoms with van der Waals surface area (Å²) in [6.45, 7) is 6.19. The Hall–Kier alpha value is -2.08. The van der Waals surface area contributed by atoms with E-state index in [0.29, 0.717) is 18.5 Å². The molecule has 1 unspecified atom stereocenters. The zero-order chi connectivity index (χ0) is 20.8. The normalized spacial score (nSPS) is 38.6. The molecule has 1 saturated heterocycles. The fourth-order valence-electron chi connectivity index (χ4n) is 6.20. The summed E-state index contributed by atoms with van der Waals surface area (Å²) < 4.78 is 11.4. The Labute approximate surface area is 172 Å². The van der Waals surface area contributed by atoms with E-state index in [1.165, 1.54) is 0 Å². The van der Waals surface area contributed by atoms with Crippen LogP contribution in [0, 0.1) is 29.6 Å². The van der Waals surface area contributed by atoms with Gasteiger partial charge in [0.2, 0.25) is 0 Å². The van der Waals surface area contributed by atoms with Crippen LogP contribution in [0.4, 0.5) is 10.5 Å². The highest BCUT2D eigenvalue weighted by Crippen LogP contribution is 2.62. The van der Waals surface area contributed by atoms with Gasteiger partial charge in [-0.2, -0.15) is 0 Å². The van der Waals surface area contributed by atoms with Gasteiger partial charge in [0, 0.05) is 17.0 Å². The third kappa shape index (κ3) is 3.41. The van der Waals surface area contributed by atoms with Gasteiger partial charge in [-0.15, -0.1) is 0 Å². The van der Waals surface area contributed by atoms with Gasteiger partial charge < -0.3 is 14.6 Å². The van der Waals surface area contributed by atoms with Crippen LogP contribution in [0.1, 0.15) is 51.5 Å². The number of hydrogen-bond donors (Lipinski definition) is 2. The first-order chi connectivity index (χ1) is 13.8. The standard InChI is InChI=1S/C23H31NO5/c1-14-4-6-15(7-5-14)24-21(27)29-19-10-11-22(2)16-12-20(26)28-17(16)8-9-18(22)23(19,3)13-25/h4-7,16-19,25H,8-13H2,1-3H3,(H,24,27)/t16-,17-,18?,19-,22+,23+/m1/s1. The van der Waals surface area contributed by atoms with Crippen molar-refractivity contribution in [2.45, 2.75) is 65.1 Å². The van der Waals surface area contributed by atoms with Crippen molar-refractivity contribution in [3.05, 3.63) is 29.8 Å². The molecule has 1 amide bonds. The Morgan fingerprint density at radius 3 is 2.66 bits per heavy atom. The van der Waals surface area contributed by atoms with E-state index < -0.39 is 11.5 Å². The van der Waals surface area contributed by atoms with Gasteiger partial charge in [0.15, 0.2) is 0 Å². The van der Waals surface area contributed by atoms with Gasteiger partial charge in [-0.3, -0.25) is 10.1 Å². The van der Waals surface area contributed by atoms with E-state index >= 15 is 0 Å². The molecule has 0 aromatic heterocycles. The first kappa shape index (κ1) is 20.2. The molecule has 0 radical (unpaired) electrons. The highest BCUT2D eigenvalue weighted by atomic mass is 16.6. The van der Waals surface area contributed by atoms with E-state index in [1.54, 1.807) is 0 Å². The molecule has 29 heavy (non-hydrogen) atoms. The highest BCUT2D eigenvalue weighted by Gasteiger charge is 2.62. The lowest BCUT2D eigenvalue weighted by atomic mass is 9.46. The number of esters is 1. The maximum atomic E-state index is 12.6. The first-order valence-electron chi connectivity index (χ1n) is 10.6. The number of carbonyl (C=O) groups excluding carboxylic acids is 2. The van der Waals surface area contributed by atoms with Crippen molar-refractivity contribution in [1.29, 1.82) is 0 Å². The summed E-state index contributed by atoms with van der Waals surface area (Å²) in [6.07, 6.45) is 2.79. The van der Waals surface area contributed by atoms with Crippen LogP contribution in [0.25, 0.3) is 0 Å². The summed E-state index contributed by atoms with van der Waals surface area (Å²) in [7, 11) is 0. The van der Waals surface area contributed by atoms with Gasteiger partial charge in [0.1, 0.15) is 12.2 Å². The minimum atomic E-state index is -0.547. The van der Waals surface area contributed by atoms with Gasteiger partial charge in [0.25, 0.3) is 0 Å². The average molecular weight is 402 g/mol. The van der Waals surface area contributed by atoms with E-state index in [0.717, 1.165) is 24.8 Å². The quantitative estimate of drug-likeness (QED) is 0.747. The van der Waals surface area contributed by atoms with Crippen LogP contribution in [0.3, 0.4) is 0 Å². The number of fused-ring (bicyclic) bond motifs is 3. The molecule has 4 rings (SSSR count). The summed E-state index contributed by atoms with van der Waals surface area (Å²) in [5.74, 6) is 0.243. The van der Waals surface area contributed by atoms with Crippen molar-refractivity contribution in [2.24, 2.45) is 22.7 Å². The fraction of sp³-hybridized carbons (Fsp3) is 0.652. The van der Waals surface area contributed by atoms with E-state index in [9.17, 15) is 14.7 Å². The van der Waals surface area contributed by atoms with E-state index in [-0.39, 0.29) is 42.0 Å². The molecule has 0 bridgehead atoms. The molecule has 1 heterocycles. The number of rotatable bonds is 3. The lowest BCUT2D eigenvalue weighted by molar-refractivity contribution is -0.174. The van der Waals surface area contributed by atoms with Crippen molar-refractivity contribution < 1.29 is 24.2 Å². The third-order valence-electron chi connectivity index (χ3n) is 7.87. The van der Waals surface area contributed by atoms with Crippen LogP contribution in [-0.2, 0) is 14.3 Å². The number of benzene rings is 1. The maximum Gasteiger partial charge on any atom is 0.411 e. The topological polar surface area (TPSA) is 84.9 Å². The second-order valence-electron chi connectivity index (χ2n) is 9.56. The van der Waals surface area contributed by atoms with E-state index in [2.05, 4.69) is 12.2 Å². The molecule has 3 aliphatic rings. The SMILES string of the molecule is Cc1ccc(NC(=O)O[C@@H]2CC[C@]3(C)C(CC[C@H]4OC(=O)C[C@H]43)[C@]2(C)CO)cc1. The predicted molar refractivity (Wildman–Crippen MR) is 108 cm³/mol. The lowest BCUT2D eigenvalue weighted by Crippen LogP contribution is -2.59. The van der Waals surface area contributed by atoms with Crippen LogP contribution in [-0.4, -0.2) is 36.0 Å². The number of ether oxygens (including phenoxy) is 2. The third-order valence-corrected chi connectivity index (χ3v) is 7.87. The fourth-order valence-corrected chi connectivity index (χ4v) is 6.20. The monoisotopic (exact) mass is 401 g/mol. The zero-order valence-corrected chi connectivity index (χ0v) is 17.4. The number of aryl methyl sites for hydroxylation is 1. The van der Waals surface area contributed by atoms with Crippen LogP contribution in [0.15, 0.2) is 24.3 Å². The zero-order valence-electron chi connectivity index (χ0n) is 17.4. The molecule has 6 heteroatoms. The summed E-state index contributed by atoms with van der Waals surface area (Å²) in [6, 6.07) is 7.56. The molecule has 3 fully saturated rings. The Balaban J connectivity index is 1.50. The Morgan fingerprint density at radius 2 is 1.97 bits per heavy atom. The number of aliphatic hydroxyl groups excluding tert-OH is 1. The molecule has 1 aromatic rings. The summed E-state index contributed by atoms with van der Waals surface area (Å²) in [4.78, 5) is 24.5. The highest BCUT2D eigenvalue weighted by molar-refractivity contribution is 5.84. The summed E-state index contributed by atoms with van der Waals surface area (Å²) in [5, 5.41) is 13.2. The van der Waals surface area contributed by atoms with Crippen molar-refractivity contribution in [3.63, 3.8) is 0 Å². The maximum absolute atomic E-state index is 12.6. The number of carbonyl (C=O) groups is 2. The van der Waals surface area contributed by atoms with Crippen molar-refractivity contribution >= 4 is 17.7 Å². The van der Waals surface area contributed by atoms with E-state index in [4.69, 9.17) is 9.47 Å². The molecule has 1 aliphatic heterocycles. The number of hydrogen-bond acceptors (Lipinski definition) is 5. The molecule has 158 valence electrons. The van der Waals surface area contributed by atoms with Crippen molar-refractivity contribution in [2.75, 3.05) is 11.9 Å². The molecular formula is C23H31NO5. The first-order valence-corrected chi connectivity index (χ1v) is 10.6. The average Bonchev–Trinajstić information content (AvgIpc) is 3.08. The van der Waals surface area contributed by atoms with Gasteiger partial charge in [-0.1, -0.05) is 31.5 Å². The van der Waals surface area contributed by atoms with E-state index in [1.807, 2.05) is 38.1 Å². The van der Waals surface area contributed by atoms with Gasteiger partial charge >= 0.3 is 12.1 Å². The number of aliphatic hydroxyl groups is 1. The number of nitrogens with one attached hydrogen (secondary N) is 1. The molecule has 2 N–H and O–H groups in total. The Morgan fingerprint density at radius 1 is 1.24 bits per heavy atom. The van der Waals surface area contributed by atoms with Gasteiger partial charge in [0.05, 0.1) is 13.0 Å². The molecule has 6 nitrogen and oxygen atoms in total. The van der Waals surface area contributed by atoms with Crippen LogP contribution < -0.4 is 5.32 Å². The van der Waals surface area contributed by atoms with Crippen LogP contribution in [0.2, 0.25) is 0 Å². The molecule has 2 saturated carbocycles. The largest absolute Gasteiger partial charge is 0.462 e. The Bertz CT molecular complexity index is 793. The molecule has 2 aliphatic carbocycles. The second kappa shape index (κ2) is 7.31. The van der Waals surface area contributed by atoms with Gasteiger partial charge in [-0.05, 0) is 56.1 Å². The number of anilines is 1. The molecular weight excluding hydrogens is 370 g/mol. The summed E-state index contributed by atoms with van der Waals surface area (Å²) >= 11 is 0. The second-order valence-corrected chi connectivity index (χ2v) is 9.56. The van der Waals surface area contributed by atoms with Crippen molar-refractivity contribution in [1.82, 2.24) is 0 Å². The predicted octanol–water partition coefficient (Wildman–Crippen LogP) is 4.05. The smallest absolute Gasteiger partial charge is 0.411 e. The van der Waals surface area contributed by atoms with Crippen LogP contribution >= 0.6 is 0 Å². The number of amides is 1.